The first-order chi connectivity index (χ1) is 5.79. The first kappa shape index (κ1) is 10.0. The molecule has 0 aromatic heterocycles. The van der Waals surface area contributed by atoms with Gasteiger partial charge in [-0.1, -0.05) is 33.1 Å². The summed E-state index contributed by atoms with van der Waals surface area (Å²) in [5, 5.41) is 3.49. The van der Waals surface area contributed by atoms with Crippen molar-refractivity contribution in [2.45, 2.75) is 46.0 Å². The Labute approximate surface area is 76.9 Å². The molecule has 1 N–H and O–H groups in total. The van der Waals surface area contributed by atoms with Crippen molar-refractivity contribution < 1.29 is 0 Å². The maximum atomic E-state index is 3.49. The molecule has 0 aromatic rings. The molecule has 0 amide bonds. The van der Waals surface area contributed by atoms with Crippen LogP contribution in [0.1, 0.15) is 46.0 Å². The van der Waals surface area contributed by atoms with Crippen LogP contribution in [-0.4, -0.2) is 13.1 Å². The zero-order valence-corrected chi connectivity index (χ0v) is 8.60. The molecule has 0 aliphatic heterocycles. The number of hydrogen-bond donors (Lipinski definition) is 1. The van der Waals surface area contributed by atoms with Gasteiger partial charge >= 0.3 is 0 Å². The summed E-state index contributed by atoms with van der Waals surface area (Å²) in [4.78, 5) is 0. The maximum Gasteiger partial charge on any atom is -0.00258 e. The summed E-state index contributed by atoms with van der Waals surface area (Å²) in [7, 11) is 0. The van der Waals surface area contributed by atoms with Gasteiger partial charge in [-0.25, -0.2) is 0 Å². The van der Waals surface area contributed by atoms with Crippen LogP contribution in [-0.2, 0) is 0 Å². The van der Waals surface area contributed by atoms with Gasteiger partial charge in [0.2, 0.25) is 0 Å². The molecular formula is C11H23N. The van der Waals surface area contributed by atoms with Crippen LogP contribution in [0.15, 0.2) is 0 Å². The summed E-state index contributed by atoms with van der Waals surface area (Å²) in [5.74, 6) is 1.89. The fourth-order valence-corrected chi connectivity index (χ4v) is 1.69. The molecule has 72 valence electrons. The molecule has 0 spiro atoms. The van der Waals surface area contributed by atoms with Crippen molar-refractivity contribution in [2.24, 2.45) is 11.8 Å². The van der Waals surface area contributed by atoms with E-state index >= 15 is 0 Å². The van der Waals surface area contributed by atoms with Crippen molar-refractivity contribution >= 4 is 0 Å². The highest BCUT2D eigenvalue weighted by atomic mass is 14.8. The third kappa shape index (κ3) is 4.10. The van der Waals surface area contributed by atoms with Gasteiger partial charge in [-0.2, -0.15) is 0 Å². The molecule has 1 fully saturated rings. The van der Waals surface area contributed by atoms with Crippen molar-refractivity contribution in [1.82, 2.24) is 5.32 Å². The van der Waals surface area contributed by atoms with Crippen LogP contribution in [0.2, 0.25) is 0 Å². The van der Waals surface area contributed by atoms with E-state index < -0.39 is 0 Å². The van der Waals surface area contributed by atoms with Crippen LogP contribution in [0.5, 0.6) is 0 Å². The van der Waals surface area contributed by atoms with Crippen molar-refractivity contribution in [1.29, 1.82) is 0 Å². The molecule has 0 bridgehead atoms. The van der Waals surface area contributed by atoms with E-state index in [-0.39, 0.29) is 0 Å². The second-order valence-electron chi connectivity index (χ2n) is 4.54. The molecule has 1 aliphatic rings. The lowest BCUT2D eigenvalue weighted by molar-refractivity contribution is 0.288. The Morgan fingerprint density at radius 2 is 2.08 bits per heavy atom. The second-order valence-corrected chi connectivity index (χ2v) is 4.54. The van der Waals surface area contributed by atoms with Gasteiger partial charge in [-0.15, -0.1) is 0 Å². The Morgan fingerprint density at radius 3 is 2.58 bits per heavy atom. The lowest BCUT2D eigenvalue weighted by Gasteiger charge is -2.25. The fourth-order valence-electron chi connectivity index (χ4n) is 1.69. The highest BCUT2D eigenvalue weighted by molar-refractivity contribution is 4.69. The van der Waals surface area contributed by atoms with E-state index in [4.69, 9.17) is 0 Å². The molecule has 0 radical (unpaired) electrons. The minimum absolute atomic E-state index is 0.800. The predicted molar refractivity (Wildman–Crippen MR) is 54.3 cm³/mol. The van der Waals surface area contributed by atoms with Crippen LogP contribution in [0.25, 0.3) is 0 Å². The van der Waals surface area contributed by atoms with Gasteiger partial charge in [0, 0.05) is 0 Å². The van der Waals surface area contributed by atoms with Gasteiger partial charge in [-0.3, -0.25) is 0 Å². The average molecular weight is 169 g/mol. The summed E-state index contributed by atoms with van der Waals surface area (Å²) in [6.45, 7) is 6.94. The van der Waals surface area contributed by atoms with Crippen molar-refractivity contribution in [3.63, 3.8) is 0 Å². The first-order valence-corrected chi connectivity index (χ1v) is 5.49. The van der Waals surface area contributed by atoms with E-state index in [9.17, 15) is 0 Å². The largest absolute Gasteiger partial charge is 0.316 e. The lowest BCUT2D eigenvalue weighted by Crippen LogP contribution is -2.22. The monoisotopic (exact) mass is 169 g/mol. The summed E-state index contributed by atoms with van der Waals surface area (Å²) in [6.07, 6.45) is 7.35. The van der Waals surface area contributed by atoms with Gasteiger partial charge in [0.1, 0.15) is 0 Å². The Bertz CT molecular complexity index is 106. The quantitative estimate of drug-likeness (QED) is 0.603. The van der Waals surface area contributed by atoms with Gasteiger partial charge in [0.25, 0.3) is 0 Å². The minimum atomic E-state index is 0.800. The van der Waals surface area contributed by atoms with Crippen molar-refractivity contribution in [3.05, 3.63) is 0 Å². The highest BCUT2D eigenvalue weighted by Gasteiger charge is 2.15. The Morgan fingerprint density at radius 1 is 1.33 bits per heavy atom. The Kier molecular flexibility index (Phi) is 4.67. The van der Waals surface area contributed by atoms with Crippen molar-refractivity contribution in [3.8, 4) is 0 Å². The third-order valence-corrected chi connectivity index (χ3v) is 2.74. The van der Waals surface area contributed by atoms with E-state index in [0.717, 1.165) is 11.8 Å². The van der Waals surface area contributed by atoms with Gasteiger partial charge < -0.3 is 5.32 Å². The summed E-state index contributed by atoms with van der Waals surface area (Å²) in [6, 6.07) is 0. The van der Waals surface area contributed by atoms with Crippen molar-refractivity contribution in [2.75, 3.05) is 13.1 Å². The topological polar surface area (TPSA) is 12.0 Å². The molecule has 0 saturated heterocycles. The molecule has 1 rings (SSSR count). The SMILES string of the molecule is CC(C)CNCCCC1CCC1. The third-order valence-electron chi connectivity index (χ3n) is 2.74. The molecule has 1 saturated carbocycles. The molecule has 0 heterocycles. The summed E-state index contributed by atoms with van der Waals surface area (Å²) < 4.78 is 0. The molecule has 1 heteroatoms. The zero-order valence-electron chi connectivity index (χ0n) is 8.60. The standard InChI is InChI=1S/C11H23N/c1-10(2)9-12-8-4-7-11-5-3-6-11/h10-12H,3-9H2,1-2H3. The maximum absolute atomic E-state index is 3.49. The summed E-state index contributed by atoms with van der Waals surface area (Å²) in [5.41, 5.74) is 0. The fraction of sp³-hybridized carbons (Fsp3) is 1.00. The summed E-state index contributed by atoms with van der Waals surface area (Å²) >= 11 is 0. The van der Waals surface area contributed by atoms with Crippen LogP contribution in [0.3, 0.4) is 0 Å². The smallest absolute Gasteiger partial charge is 0.00258 e. The molecule has 12 heavy (non-hydrogen) atoms. The van der Waals surface area contributed by atoms with E-state index in [2.05, 4.69) is 19.2 Å². The second kappa shape index (κ2) is 5.58. The molecule has 1 nitrogen and oxygen atoms in total. The lowest BCUT2D eigenvalue weighted by atomic mass is 9.82. The van der Waals surface area contributed by atoms with Gasteiger partial charge in [-0.05, 0) is 37.8 Å². The van der Waals surface area contributed by atoms with Crippen LogP contribution >= 0.6 is 0 Å². The number of rotatable bonds is 6. The van der Waals surface area contributed by atoms with E-state index in [1.807, 2.05) is 0 Å². The minimum Gasteiger partial charge on any atom is -0.316 e. The zero-order chi connectivity index (χ0) is 8.81. The number of hydrogen-bond acceptors (Lipinski definition) is 1. The molecular weight excluding hydrogens is 146 g/mol. The molecule has 0 aromatic carbocycles. The number of nitrogens with one attached hydrogen (secondary N) is 1. The highest BCUT2D eigenvalue weighted by Crippen LogP contribution is 2.29. The van der Waals surface area contributed by atoms with Crippen LogP contribution in [0.4, 0.5) is 0 Å². The Balaban J connectivity index is 1.76. The normalized spacial score (nSPS) is 18.2. The van der Waals surface area contributed by atoms with Crippen LogP contribution in [0, 0.1) is 11.8 Å². The van der Waals surface area contributed by atoms with Crippen LogP contribution < -0.4 is 5.32 Å². The van der Waals surface area contributed by atoms with E-state index in [1.54, 1.807) is 0 Å². The van der Waals surface area contributed by atoms with Gasteiger partial charge in [0.15, 0.2) is 0 Å². The van der Waals surface area contributed by atoms with E-state index in [0.29, 0.717) is 0 Å². The average Bonchev–Trinajstić information content (AvgIpc) is 1.92. The first-order valence-electron chi connectivity index (χ1n) is 5.49. The molecule has 1 aliphatic carbocycles. The Hall–Kier alpha value is -0.0400. The van der Waals surface area contributed by atoms with E-state index in [1.165, 1.54) is 45.2 Å². The molecule has 0 atom stereocenters. The van der Waals surface area contributed by atoms with Gasteiger partial charge in [0.05, 0.1) is 0 Å². The predicted octanol–water partition coefficient (Wildman–Crippen LogP) is 2.81. The molecule has 0 unspecified atom stereocenters.